The maximum Gasteiger partial charge on any atom is 0.404 e. The topological polar surface area (TPSA) is 58.7 Å². The fourth-order valence-electron chi connectivity index (χ4n) is 2.06. The third kappa shape index (κ3) is 3.80. The predicted octanol–water partition coefficient (Wildman–Crippen LogP) is 0.348. The second-order valence-electron chi connectivity index (χ2n) is 4.32. The van der Waals surface area contributed by atoms with Crippen LogP contribution in [0.25, 0.3) is 0 Å². The summed E-state index contributed by atoms with van der Waals surface area (Å²) in [5, 5.41) is 8.95. The van der Waals surface area contributed by atoms with E-state index in [9.17, 15) is 13.2 Å². The first-order valence-corrected chi connectivity index (χ1v) is 5.65. The number of ether oxygens (including phenoxy) is 1. The molecular formula is C10H19F3N2O2. The van der Waals surface area contributed by atoms with Crippen molar-refractivity contribution in [2.45, 2.75) is 37.7 Å². The Morgan fingerprint density at radius 3 is 2.65 bits per heavy atom. The summed E-state index contributed by atoms with van der Waals surface area (Å²) in [5.74, 6) is 0. The lowest BCUT2D eigenvalue weighted by Crippen LogP contribution is -2.58. The van der Waals surface area contributed by atoms with Gasteiger partial charge in [0.1, 0.15) is 6.04 Å². The summed E-state index contributed by atoms with van der Waals surface area (Å²) < 4.78 is 43.9. The molecule has 1 heterocycles. The van der Waals surface area contributed by atoms with Crippen molar-refractivity contribution in [3.63, 3.8) is 0 Å². The van der Waals surface area contributed by atoms with E-state index in [1.807, 2.05) is 0 Å². The highest BCUT2D eigenvalue weighted by Gasteiger charge is 2.46. The maximum atomic E-state index is 12.9. The van der Waals surface area contributed by atoms with E-state index in [2.05, 4.69) is 0 Å². The molecule has 1 aliphatic rings. The molecule has 0 aromatic heterocycles. The highest BCUT2D eigenvalue weighted by molar-refractivity contribution is 4.87. The number of alkyl halides is 3. The average Bonchev–Trinajstić information content (AvgIpc) is 2.25. The van der Waals surface area contributed by atoms with Gasteiger partial charge in [-0.25, -0.2) is 0 Å². The second kappa shape index (κ2) is 5.99. The van der Waals surface area contributed by atoms with Crippen LogP contribution in [0.3, 0.4) is 0 Å². The molecule has 17 heavy (non-hydrogen) atoms. The van der Waals surface area contributed by atoms with Crippen molar-refractivity contribution in [1.29, 1.82) is 0 Å². The molecule has 3 N–H and O–H groups in total. The third-order valence-electron chi connectivity index (χ3n) is 2.98. The lowest BCUT2D eigenvalue weighted by atomic mass is 10.1. The van der Waals surface area contributed by atoms with Crippen molar-refractivity contribution in [2.75, 3.05) is 26.3 Å². The highest BCUT2D eigenvalue weighted by Crippen LogP contribution is 2.30. The molecule has 3 atom stereocenters. The summed E-state index contributed by atoms with van der Waals surface area (Å²) in [4.78, 5) is 1.33. The number of hydrogen-bond donors (Lipinski definition) is 2. The molecule has 0 amide bonds. The van der Waals surface area contributed by atoms with Crippen LogP contribution in [0, 0.1) is 0 Å². The number of rotatable bonds is 4. The fourth-order valence-corrected chi connectivity index (χ4v) is 2.06. The Bertz CT molecular complexity index is 238. The number of nitrogens with two attached hydrogens (primary N) is 1. The summed E-state index contributed by atoms with van der Waals surface area (Å²) in [7, 11) is 0. The largest absolute Gasteiger partial charge is 0.404 e. The van der Waals surface area contributed by atoms with Crippen LogP contribution in [0.1, 0.15) is 13.3 Å². The van der Waals surface area contributed by atoms with Crippen LogP contribution in [0.2, 0.25) is 0 Å². The molecule has 0 aliphatic carbocycles. The monoisotopic (exact) mass is 256 g/mol. The second-order valence-corrected chi connectivity index (χ2v) is 4.32. The Hall–Kier alpha value is -0.370. The van der Waals surface area contributed by atoms with Gasteiger partial charge >= 0.3 is 6.18 Å². The van der Waals surface area contributed by atoms with Crippen molar-refractivity contribution in [2.24, 2.45) is 5.73 Å². The number of halogens is 3. The maximum absolute atomic E-state index is 12.9. The van der Waals surface area contributed by atoms with Crippen LogP contribution < -0.4 is 5.73 Å². The molecule has 0 saturated carbocycles. The average molecular weight is 256 g/mol. The number of aliphatic hydroxyl groups is 1. The van der Waals surface area contributed by atoms with Gasteiger partial charge in [-0.2, -0.15) is 13.2 Å². The van der Waals surface area contributed by atoms with Crippen LogP contribution in [0.5, 0.6) is 0 Å². The fraction of sp³-hybridized carbons (Fsp3) is 1.00. The lowest BCUT2D eigenvalue weighted by Gasteiger charge is -2.42. The molecular weight excluding hydrogens is 237 g/mol. The molecule has 1 saturated heterocycles. The van der Waals surface area contributed by atoms with Gasteiger partial charge in [0.25, 0.3) is 0 Å². The van der Waals surface area contributed by atoms with E-state index in [1.165, 1.54) is 4.90 Å². The SMILES string of the molecule is CC1COC(CO)CN1C(CCN)C(F)(F)F. The summed E-state index contributed by atoms with van der Waals surface area (Å²) in [6.07, 6.45) is -4.98. The standard InChI is InChI=1S/C10H19F3N2O2/c1-7-6-17-8(5-16)4-15(7)9(2-3-14)10(11,12)13/h7-9,16H,2-6,14H2,1H3. The van der Waals surface area contributed by atoms with Gasteiger partial charge < -0.3 is 15.6 Å². The van der Waals surface area contributed by atoms with Gasteiger partial charge in [0.05, 0.1) is 19.3 Å². The molecule has 102 valence electrons. The Labute approximate surface area is 98.5 Å². The molecule has 1 aliphatic heterocycles. The van der Waals surface area contributed by atoms with Gasteiger partial charge in [0.2, 0.25) is 0 Å². The minimum Gasteiger partial charge on any atom is -0.394 e. The van der Waals surface area contributed by atoms with E-state index in [-0.39, 0.29) is 38.8 Å². The Balaban J connectivity index is 2.76. The van der Waals surface area contributed by atoms with Gasteiger partial charge in [0, 0.05) is 12.6 Å². The van der Waals surface area contributed by atoms with Crippen LogP contribution in [-0.4, -0.2) is 60.7 Å². The first-order chi connectivity index (χ1) is 7.90. The Morgan fingerprint density at radius 1 is 1.53 bits per heavy atom. The molecule has 0 radical (unpaired) electrons. The van der Waals surface area contributed by atoms with Crippen LogP contribution >= 0.6 is 0 Å². The molecule has 4 nitrogen and oxygen atoms in total. The third-order valence-corrected chi connectivity index (χ3v) is 2.98. The van der Waals surface area contributed by atoms with Crippen LogP contribution in [-0.2, 0) is 4.74 Å². The zero-order valence-corrected chi connectivity index (χ0v) is 9.78. The van der Waals surface area contributed by atoms with E-state index in [0.29, 0.717) is 0 Å². The smallest absolute Gasteiger partial charge is 0.394 e. The highest BCUT2D eigenvalue weighted by atomic mass is 19.4. The first kappa shape index (κ1) is 14.7. The van der Waals surface area contributed by atoms with Crippen molar-refractivity contribution < 1.29 is 23.0 Å². The van der Waals surface area contributed by atoms with Crippen molar-refractivity contribution in [1.82, 2.24) is 4.90 Å². The number of morpholine rings is 1. The summed E-state index contributed by atoms with van der Waals surface area (Å²) in [5.41, 5.74) is 5.24. The van der Waals surface area contributed by atoms with Crippen molar-refractivity contribution >= 4 is 0 Å². The van der Waals surface area contributed by atoms with Crippen molar-refractivity contribution in [3.05, 3.63) is 0 Å². The van der Waals surface area contributed by atoms with Crippen LogP contribution in [0.15, 0.2) is 0 Å². The molecule has 0 spiro atoms. The van der Waals surface area contributed by atoms with Crippen LogP contribution in [0.4, 0.5) is 13.2 Å². The van der Waals surface area contributed by atoms with Gasteiger partial charge in [-0.3, -0.25) is 4.90 Å². The van der Waals surface area contributed by atoms with E-state index in [0.717, 1.165) is 0 Å². The van der Waals surface area contributed by atoms with E-state index >= 15 is 0 Å². The normalized spacial score (nSPS) is 29.3. The Kier molecular flexibility index (Phi) is 5.18. The van der Waals surface area contributed by atoms with Gasteiger partial charge in [-0.05, 0) is 19.9 Å². The Morgan fingerprint density at radius 2 is 2.18 bits per heavy atom. The van der Waals surface area contributed by atoms with Gasteiger partial charge in [-0.15, -0.1) is 0 Å². The number of aliphatic hydroxyl groups excluding tert-OH is 1. The molecule has 0 aromatic carbocycles. The minimum absolute atomic E-state index is 0.0158. The molecule has 3 unspecified atom stereocenters. The van der Waals surface area contributed by atoms with Gasteiger partial charge in [-0.1, -0.05) is 0 Å². The molecule has 1 fully saturated rings. The quantitative estimate of drug-likeness (QED) is 0.762. The summed E-state index contributed by atoms with van der Waals surface area (Å²) >= 11 is 0. The van der Waals surface area contributed by atoms with Crippen molar-refractivity contribution in [3.8, 4) is 0 Å². The number of nitrogens with zero attached hydrogens (tertiary/aromatic N) is 1. The zero-order chi connectivity index (χ0) is 13.1. The number of hydrogen-bond acceptors (Lipinski definition) is 4. The van der Waals surface area contributed by atoms with E-state index < -0.39 is 18.3 Å². The lowest BCUT2D eigenvalue weighted by molar-refractivity contribution is -0.209. The predicted molar refractivity (Wildman–Crippen MR) is 56.5 cm³/mol. The molecule has 1 rings (SSSR count). The first-order valence-electron chi connectivity index (χ1n) is 5.65. The molecule has 7 heteroatoms. The minimum atomic E-state index is -4.30. The van der Waals surface area contributed by atoms with E-state index in [1.54, 1.807) is 6.92 Å². The molecule has 0 bridgehead atoms. The summed E-state index contributed by atoms with van der Waals surface area (Å²) in [6, 6.07) is -1.88. The summed E-state index contributed by atoms with van der Waals surface area (Å²) in [6.45, 7) is 1.68. The van der Waals surface area contributed by atoms with Gasteiger partial charge in [0.15, 0.2) is 0 Å². The zero-order valence-electron chi connectivity index (χ0n) is 9.78. The molecule has 0 aromatic rings. The van der Waals surface area contributed by atoms with E-state index in [4.69, 9.17) is 15.6 Å².